The number of rotatable bonds is 2. The molecule has 0 unspecified atom stereocenters. The predicted octanol–water partition coefficient (Wildman–Crippen LogP) is 0.0459. The molecule has 84 valence electrons. The van der Waals surface area contributed by atoms with Gasteiger partial charge < -0.3 is 0 Å². The lowest BCUT2D eigenvalue weighted by molar-refractivity contribution is 0.596. The number of hydrogen-bond donors (Lipinski definition) is 1. The third-order valence-electron chi connectivity index (χ3n) is 1.89. The Bertz CT molecular complexity index is 587. The number of hydrogen-bond acceptors (Lipinski definition) is 4. The van der Waals surface area contributed by atoms with E-state index in [0.717, 1.165) is 12.3 Å². The summed E-state index contributed by atoms with van der Waals surface area (Å²) in [7, 11) is -7.30. The summed E-state index contributed by atoms with van der Waals surface area (Å²) in [6.45, 7) is 1.55. The van der Waals surface area contributed by atoms with Gasteiger partial charge in [0, 0.05) is 6.26 Å². The summed E-state index contributed by atoms with van der Waals surface area (Å²) < 4.78 is 44.6. The number of sulfonamides is 1. The minimum absolute atomic E-state index is 0.0582. The van der Waals surface area contributed by atoms with E-state index < -0.39 is 19.9 Å². The van der Waals surface area contributed by atoms with Crippen molar-refractivity contribution in [3.05, 3.63) is 23.8 Å². The molecule has 0 atom stereocenters. The number of nitrogens with two attached hydrogens (primary N) is 1. The van der Waals surface area contributed by atoms with Gasteiger partial charge in [0.1, 0.15) is 0 Å². The molecule has 0 spiro atoms. The lowest BCUT2D eigenvalue weighted by atomic mass is 10.2. The van der Waals surface area contributed by atoms with Crippen molar-refractivity contribution < 1.29 is 16.8 Å². The Hall–Kier alpha value is -0.920. The largest absolute Gasteiger partial charge is 0.238 e. The second-order valence-electron chi connectivity index (χ2n) is 3.24. The summed E-state index contributed by atoms with van der Waals surface area (Å²) in [6, 6.07) is 3.83. The Morgan fingerprint density at radius 2 is 1.67 bits per heavy atom. The van der Waals surface area contributed by atoms with Crippen LogP contribution < -0.4 is 5.14 Å². The molecule has 0 bridgehead atoms. The van der Waals surface area contributed by atoms with Crippen LogP contribution in [0.2, 0.25) is 0 Å². The molecule has 0 fully saturated rings. The van der Waals surface area contributed by atoms with Crippen molar-refractivity contribution in [1.29, 1.82) is 0 Å². The van der Waals surface area contributed by atoms with Crippen LogP contribution in [-0.4, -0.2) is 23.1 Å². The van der Waals surface area contributed by atoms with E-state index in [1.165, 1.54) is 12.1 Å². The van der Waals surface area contributed by atoms with Crippen LogP contribution >= 0.6 is 0 Å². The number of primary sulfonamides is 1. The molecule has 0 aliphatic rings. The van der Waals surface area contributed by atoms with Crippen molar-refractivity contribution >= 4 is 19.9 Å². The van der Waals surface area contributed by atoms with Crippen molar-refractivity contribution in [2.75, 3.05) is 6.26 Å². The first-order valence-electron chi connectivity index (χ1n) is 3.96. The molecule has 0 amide bonds. The first-order chi connectivity index (χ1) is 6.62. The minimum Gasteiger partial charge on any atom is -0.225 e. The van der Waals surface area contributed by atoms with Crippen LogP contribution in [0.15, 0.2) is 28.0 Å². The fourth-order valence-electron chi connectivity index (χ4n) is 1.12. The highest BCUT2D eigenvalue weighted by Gasteiger charge is 2.15. The lowest BCUT2D eigenvalue weighted by Gasteiger charge is -2.05. The molecular weight excluding hydrogens is 238 g/mol. The fraction of sp³-hybridized carbons (Fsp3) is 0.250. The molecule has 0 aliphatic heterocycles. The Morgan fingerprint density at radius 3 is 2.07 bits per heavy atom. The van der Waals surface area contributed by atoms with E-state index in [4.69, 9.17) is 5.14 Å². The maximum absolute atomic E-state index is 11.2. The molecule has 15 heavy (non-hydrogen) atoms. The van der Waals surface area contributed by atoms with E-state index in [1.807, 2.05) is 0 Å². The van der Waals surface area contributed by atoms with E-state index in [0.29, 0.717) is 5.56 Å². The first kappa shape index (κ1) is 12.2. The SMILES string of the molecule is Cc1ccc(S(C)(=O)=O)cc1S(N)(=O)=O. The number of sulfone groups is 1. The van der Waals surface area contributed by atoms with Crippen LogP contribution in [0.25, 0.3) is 0 Å². The van der Waals surface area contributed by atoms with E-state index in [1.54, 1.807) is 6.92 Å². The highest BCUT2D eigenvalue weighted by molar-refractivity contribution is 7.91. The Morgan fingerprint density at radius 1 is 1.13 bits per heavy atom. The summed E-state index contributed by atoms with van der Waals surface area (Å²) in [4.78, 5) is -0.220. The highest BCUT2D eigenvalue weighted by atomic mass is 32.2. The van der Waals surface area contributed by atoms with E-state index in [-0.39, 0.29) is 9.79 Å². The molecule has 0 saturated carbocycles. The summed E-state index contributed by atoms with van der Waals surface area (Å²) in [6.07, 6.45) is 1.00. The zero-order valence-corrected chi connectivity index (χ0v) is 9.89. The highest BCUT2D eigenvalue weighted by Crippen LogP contribution is 2.18. The minimum atomic E-state index is -3.88. The average molecular weight is 249 g/mol. The van der Waals surface area contributed by atoms with E-state index >= 15 is 0 Å². The van der Waals surface area contributed by atoms with Crippen molar-refractivity contribution in [3.63, 3.8) is 0 Å². The van der Waals surface area contributed by atoms with E-state index in [2.05, 4.69) is 0 Å². The van der Waals surface area contributed by atoms with Crippen LogP contribution in [0.1, 0.15) is 5.56 Å². The van der Waals surface area contributed by atoms with Crippen molar-refractivity contribution in [2.24, 2.45) is 5.14 Å². The molecule has 0 aromatic heterocycles. The monoisotopic (exact) mass is 249 g/mol. The third-order valence-corrected chi connectivity index (χ3v) is 4.06. The summed E-state index contributed by atoms with van der Waals surface area (Å²) in [5.74, 6) is 0. The molecule has 7 heteroatoms. The van der Waals surface area contributed by atoms with E-state index in [9.17, 15) is 16.8 Å². The lowest BCUT2D eigenvalue weighted by Crippen LogP contribution is -2.14. The Kier molecular flexibility index (Phi) is 2.90. The van der Waals surface area contributed by atoms with Crippen molar-refractivity contribution in [1.82, 2.24) is 0 Å². The van der Waals surface area contributed by atoms with Gasteiger partial charge in [0.2, 0.25) is 10.0 Å². The second-order valence-corrected chi connectivity index (χ2v) is 6.79. The number of benzene rings is 1. The molecule has 1 rings (SSSR count). The Labute approximate surface area is 88.9 Å². The van der Waals surface area contributed by atoms with Gasteiger partial charge in [-0.15, -0.1) is 0 Å². The van der Waals surface area contributed by atoms with Crippen LogP contribution in [0.5, 0.6) is 0 Å². The first-order valence-corrected chi connectivity index (χ1v) is 7.39. The summed E-state index contributed by atoms with van der Waals surface area (Å²) >= 11 is 0. The van der Waals surface area contributed by atoms with Gasteiger partial charge in [0.25, 0.3) is 0 Å². The fourth-order valence-corrected chi connectivity index (χ4v) is 2.65. The molecule has 1 aromatic carbocycles. The second kappa shape index (κ2) is 3.58. The van der Waals surface area contributed by atoms with Gasteiger partial charge in [0.15, 0.2) is 9.84 Å². The molecule has 0 heterocycles. The zero-order chi connectivity index (χ0) is 11.9. The standard InChI is InChI=1S/C8H11NO4S2/c1-6-3-4-7(14(2,10)11)5-8(6)15(9,12)13/h3-5H,1-2H3,(H2,9,12,13). The predicted molar refractivity (Wildman–Crippen MR) is 55.7 cm³/mol. The van der Waals surface area contributed by atoms with Crippen molar-refractivity contribution in [3.8, 4) is 0 Å². The Balaban J connectivity index is 3.57. The molecule has 5 nitrogen and oxygen atoms in total. The van der Waals surface area contributed by atoms with Crippen LogP contribution in [-0.2, 0) is 19.9 Å². The molecular formula is C8H11NO4S2. The quantitative estimate of drug-likeness (QED) is 0.801. The van der Waals surface area contributed by atoms with Gasteiger partial charge in [-0.05, 0) is 24.6 Å². The molecule has 0 aliphatic carbocycles. The number of aryl methyl sites for hydroxylation is 1. The van der Waals surface area contributed by atoms with Gasteiger partial charge in [-0.2, -0.15) is 0 Å². The van der Waals surface area contributed by atoms with Crippen molar-refractivity contribution in [2.45, 2.75) is 16.7 Å². The zero-order valence-electron chi connectivity index (χ0n) is 8.26. The van der Waals surface area contributed by atoms with Crippen LogP contribution in [0.3, 0.4) is 0 Å². The summed E-state index contributed by atoms with van der Waals surface area (Å²) in [5, 5.41) is 4.95. The van der Waals surface area contributed by atoms with Crippen LogP contribution in [0, 0.1) is 6.92 Å². The van der Waals surface area contributed by atoms with Crippen LogP contribution in [0.4, 0.5) is 0 Å². The van der Waals surface area contributed by atoms with Gasteiger partial charge >= 0.3 is 0 Å². The maximum atomic E-state index is 11.2. The summed E-state index contributed by atoms with van der Waals surface area (Å²) in [5.41, 5.74) is 0.421. The van der Waals surface area contributed by atoms with Gasteiger partial charge in [-0.25, -0.2) is 22.0 Å². The maximum Gasteiger partial charge on any atom is 0.238 e. The normalized spacial score (nSPS) is 12.7. The molecule has 2 N–H and O–H groups in total. The van der Waals surface area contributed by atoms with Gasteiger partial charge in [-0.1, -0.05) is 6.07 Å². The average Bonchev–Trinajstić information content (AvgIpc) is 2.00. The molecule has 1 aromatic rings. The van der Waals surface area contributed by atoms with Gasteiger partial charge in [0.05, 0.1) is 9.79 Å². The smallest absolute Gasteiger partial charge is 0.225 e. The van der Waals surface area contributed by atoms with Gasteiger partial charge in [-0.3, -0.25) is 0 Å². The molecule has 0 saturated heterocycles. The topological polar surface area (TPSA) is 94.3 Å². The third kappa shape index (κ3) is 2.77. The molecule has 0 radical (unpaired) electrons.